The highest BCUT2D eigenvalue weighted by atomic mass is 79.9. The van der Waals surface area contributed by atoms with Crippen molar-refractivity contribution in [2.24, 2.45) is 0 Å². The van der Waals surface area contributed by atoms with Gasteiger partial charge in [-0.15, -0.1) is 0 Å². The van der Waals surface area contributed by atoms with Crippen LogP contribution < -0.4 is 0 Å². The van der Waals surface area contributed by atoms with Crippen molar-refractivity contribution in [2.75, 3.05) is 0 Å². The quantitative estimate of drug-likeness (QED) is 0.648. The molecule has 0 atom stereocenters. The Morgan fingerprint density at radius 1 is 1.00 bits per heavy atom. The van der Waals surface area contributed by atoms with Crippen LogP contribution in [-0.2, 0) is 10.7 Å². The van der Waals surface area contributed by atoms with Gasteiger partial charge in [-0.25, -0.2) is 0 Å². The van der Waals surface area contributed by atoms with Gasteiger partial charge >= 0.3 is 0 Å². The maximum absolute atomic E-state index is 6.30. The third-order valence-corrected chi connectivity index (χ3v) is 4.09. The van der Waals surface area contributed by atoms with E-state index in [1.54, 1.807) is 0 Å². The molecular weight excluding hydrogens is 339 g/mol. The number of hydrogen-bond acceptors (Lipinski definition) is 0. The van der Waals surface area contributed by atoms with Crippen LogP contribution in [-0.4, -0.2) is 0 Å². The molecule has 0 aromatic heterocycles. The molecule has 0 saturated carbocycles. The van der Waals surface area contributed by atoms with E-state index in [1.807, 2.05) is 0 Å². The highest BCUT2D eigenvalue weighted by molar-refractivity contribution is 9.08. The van der Waals surface area contributed by atoms with Crippen LogP contribution in [0.4, 0.5) is 0 Å². The molecule has 0 heterocycles. The molecule has 0 N–H and O–H groups in total. The van der Waals surface area contributed by atoms with Gasteiger partial charge < -0.3 is 0 Å². The van der Waals surface area contributed by atoms with E-state index in [2.05, 4.69) is 62.2 Å². The molecule has 0 radical (unpaired) electrons. The summed E-state index contributed by atoms with van der Waals surface area (Å²) < 4.78 is 0. The van der Waals surface area contributed by atoms with Crippen LogP contribution in [0.15, 0.2) is 30.3 Å². The molecule has 0 bridgehead atoms. The Bertz CT molecular complexity index is 494. The Morgan fingerprint density at radius 2 is 1.80 bits per heavy atom. The first-order valence-corrected chi connectivity index (χ1v) is 7.20. The second-order valence-corrected chi connectivity index (χ2v) is 4.86. The molecule has 0 nitrogen and oxygen atoms in total. The van der Waals surface area contributed by atoms with Crippen molar-refractivity contribution in [2.45, 2.75) is 10.7 Å². The number of hydrogen-bond donors (Lipinski definition) is 0. The molecule has 78 valence electrons. The zero-order valence-corrected chi connectivity index (χ0v) is 11.9. The summed E-state index contributed by atoms with van der Waals surface area (Å²) in [5.41, 5.74) is 2.40. The fraction of sp³-hybridized carbons (Fsp3) is 0.167. The SMILES string of the molecule is Clc1c(CBr)ccc2cc(CBr)ccc12. The van der Waals surface area contributed by atoms with Gasteiger partial charge in [0.2, 0.25) is 0 Å². The van der Waals surface area contributed by atoms with Gasteiger partial charge in [0.05, 0.1) is 5.02 Å². The molecule has 0 aliphatic rings. The monoisotopic (exact) mass is 346 g/mol. The van der Waals surface area contributed by atoms with Gasteiger partial charge in [0, 0.05) is 16.0 Å². The van der Waals surface area contributed by atoms with Crippen LogP contribution in [0, 0.1) is 0 Å². The minimum atomic E-state index is 0.794. The van der Waals surface area contributed by atoms with Gasteiger partial charge in [0.15, 0.2) is 0 Å². The van der Waals surface area contributed by atoms with Crippen molar-refractivity contribution < 1.29 is 0 Å². The van der Waals surface area contributed by atoms with E-state index in [0.29, 0.717) is 0 Å². The Hall–Kier alpha value is -0.0500. The second-order valence-electron chi connectivity index (χ2n) is 3.36. The molecule has 2 rings (SSSR count). The Morgan fingerprint density at radius 3 is 2.47 bits per heavy atom. The van der Waals surface area contributed by atoms with E-state index < -0.39 is 0 Å². The van der Waals surface area contributed by atoms with Gasteiger partial charge in [-0.1, -0.05) is 73.8 Å². The van der Waals surface area contributed by atoms with E-state index in [1.165, 1.54) is 10.9 Å². The van der Waals surface area contributed by atoms with E-state index in [0.717, 1.165) is 26.6 Å². The van der Waals surface area contributed by atoms with Gasteiger partial charge in [-0.2, -0.15) is 0 Å². The minimum absolute atomic E-state index is 0.794. The predicted molar refractivity (Wildman–Crippen MR) is 74.2 cm³/mol. The van der Waals surface area contributed by atoms with Crippen LogP contribution in [0.2, 0.25) is 5.02 Å². The standard InChI is InChI=1S/C12H9Br2Cl/c13-6-8-1-4-11-9(5-8)2-3-10(7-14)12(11)15/h1-5H,6-7H2. The molecule has 3 heteroatoms. The highest BCUT2D eigenvalue weighted by Gasteiger charge is 2.04. The first-order valence-electron chi connectivity index (χ1n) is 4.58. The average Bonchev–Trinajstić information content (AvgIpc) is 2.29. The van der Waals surface area contributed by atoms with Gasteiger partial charge in [0.1, 0.15) is 0 Å². The fourth-order valence-corrected chi connectivity index (χ4v) is 2.85. The highest BCUT2D eigenvalue weighted by Crippen LogP contribution is 2.29. The van der Waals surface area contributed by atoms with E-state index in [9.17, 15) is 0 Å². The van der Waals surface area contributed by atoms with E-state index >= 15 is 0 Å². The molecule has 0 spiro atoms. The lowest BCUT2D eigenvalue weighted by Crippen LogP contribution is -1.84. The number of alkyl halides is 2. The van der Waals surface area contributed by atoms with Crippen molar-refractivity contribution in [3.8, 4) is 0 Å². The lowest BCUT2D eigenvalue weighted by Gasteiger charge is -2.06. The summed E-state index contributed by atoms with van der Waals surface area (Å²) >= 11 is 13.2. The lowest BCUT2D eigenvalue weighted by molar-refractivity contribution is 1.44. The summed E-state index contributed by atoms with van der Waals surface area (Å²) in [6, 6.07) is 10.5. The third kappa shape index (κ3) is 2.22. The second kappa shape index (κ2) is 4.86. The maximum atomic E-state index is 6.30. The summed E-state index contributed by atoms with van der Waals surface area (Å²) in [4.78, 5) is 0. The molecule has 0 aliphatic carbocycles. The van der Waals surface area contributed by atoms with E-state index in [4.69, 9.17) is 11.6 Å². The van der Waals surface area contributed by atoms with Crippen molar-refractivity contribution in [1.29, 1.82) is 0 Å². The Kier molecular flexibility index (Phi) is 3.70. The zero-order valence-electron chi connectivity index (χ0n) is 7.93. The molecule has 0 fully saturated rings. The zero-order chi connectivity index (χ0) is 10.8. The fourth-order valence-electron chi connectivity index (χ4n) is 1.57. The van der Waals surface area contributed by atoms with Crippen LogP contribution in [0.5, 0.6) is 0 Å². The van der Waals surface area contributed by atoms with Gasteiger partial charge in [-0.3, -0.25) is 0 Å². The first-order chi connectivity index (χ1) is 7.26. The number of fused-ring (bicyclic) bond motifs is 1. The number of rotatable bonds is 2. The number of benzene rings is 2. The van der Waals surface area contributed by atoms with Crippen molar-refractivity contribution in [3.63, 3.8) is 0 Å². The van der Waals surface area contributed by atoms with Crippen LogP contribution in [0.25, 0.3) is 10.8 Å². The number of halogens is 3. The predicted octanol–water partition coefficient (Wildman–Crippen LogP) is 5.28. The molecule has 0 saturated heterocycles. The smallest absolute Gasteiger partial charge is 0.0524 e. The molecule has 15 heavy (non-hydrogen) atoms. The summed E-state index contributed by atoms with van der Waals surface area (Å²) in [5, 5.41) is 4.84. The topological polar surface area (TPSA) is 0 Å². The Labute approximate surface area is 111 Å². The lowest BCUT2D eigenvalue weighted by atomic mass is 10.1. The summed E-state index contributed by atoms with van der Waals surface area (Å²) in [6.45, 7) is 0. The minimum Gasteiger partial charge on any atom is -0.0876 e. The van der Waals surface area contributed by atoms with Crippen molar-refractivity contribution in [1.82, 2.24) is 0 Å². The summed E-state index contributed by atoms with van der Waals surface area (Å²) in [6.07, 6.45) is 0. The van der Waals surface area contributed by atoms with Gasteiger partial charge in [0.25, 0.3) is 0 Å². The summed E-state index contributed by atoms with van der Waals surface area (Å²) in [5.74, 6) is 0. The Balaban J connectivity index is 2.68. The molecule has 0 unspecified atom stereocenters. The average molecular weight is 348 g/mol. The molecule has 2 aromatic carbocycles. The largest absolute Gasteiger partial charge is 0.0876 e. The van der Waals surface area contributed by atoms with Crippen LogP contribution in [0.1, 0.15) is 11.1 Å². The first kappa shape index (κ1) is 11.4. The van der Waals surface area contributed by atoms with Crippen LogP contribution >= 0.6 is 43.5 Å². The summed E-state index contributed by atoms with van der Waals surface area (Å²) in [7, 11) is 0. The van der Waals surface area contributed by atoms with Crippen molar-refractivity contribution >= 4 is 54.2 Å². The van der Waals surface area contributed by atoms with Gasteiger partial charge in [-0.05, 0) is 16.5 Å². The molecular formula is C12H9Br2Cl. The normalized spacial score (nSPS) is 10.9. The van der Waals surface area contributed by atoms with Crippen LogP contribution in [0.3, 0.4) is 0 Å². The van der Waals surface area contributed by atoms with Crippen molar-refractivity contribution in [3.05, 3.63) is 46.5 Å². The van der Waals surface area contributed by atoms with E-state index in [-0.39, 0.29) is 0 Å². The maximum Gasteiger partial charge on any atom is 0.0524 e. The molecule has 0 amide bonds. The third-order valence-electron chi connectivity index (χ3n) is 2.40. The molecule has 2 aromatic rings. The molecule has 0 aliphatic heterocycles.